The van der Waals surface area contributed by atoms with Crippen molar-refractivity contribution < 1.29 is 10.0 Å². The van der Waals surface area contributed by atoms with Crippen LogP contribution in [0.15, 0.2) is 6.07 Å². The minimum absolute atomic E-state index is 0.127. The highest BCUT2D eigenvalue weighted by Crippen LogP contribution is 2.42. The van der Waals surface area contributed by atoms with Crippen LogP contribution in [0, 0.1) is 16.0 Å². The molecule has 2 heterocycles. The standard InChI is InChI=1S/C13H20N2O3S/c1-8-4-5-14(9(2)6-8)13-11(15(17)18)7-12(19-13)10(3)16/h7-10,16H,4-6H2,1-3H3/t8?,9?,10-/m0/s1. The Balaban J connectivity index is 2.35. The molecular weight excluding hydrogens is 264 g/mol. The molecule has 1 aromatic heterocycles. The van der Waals surface area contributed by atoms with E-state index in [-0.39, 0.29) is 10.6 Å². The van der Waals surface area contributed by atoms with Gasteiger partial charge in [0.15, 0.2) is 5.00 Å². The molecule has 1 fully saturated rings. The highest BCUT2D eigenvalue weighted by molar-refractivity contribution is 7.16. The van der Waals surface area contributed by atoms with Crippen molar-refractivity contribution in [2.45, 2.75) is 45.8 Å². The first-order valence-corrected chi connectivity index (χ1v) is 7.44. The SMILES string of the molecule is CC1CCN(c2sc([C@H](C)O)cc2[N+](=O)[O-])C(C)C1. The van der Waals surface area contributed by atoms with Crippen LogP contribution in [0.1, 0.15) is 44.6 Å². The molecule has 3 atom stereocenters. The highest BCUT2D eigenvalue weighted by atomic mass is 32.1. The van der Waals surface area contributed by atoms with Crippen LogP contribution in [-0.4, -0.2) is 22.6 Å². The maximum absolute atomic E-state index is 11.2. The largest absolute Gasteiger partial charge is 0.388 e. The van der Waals surface area contributed by atoms with Gasteiger partial charge in [0.1, 0.15) is 0 Å². The van der Waals surface area contributed by atoms with Gasteiger partial charge in [-0.2, -0.15) is 0 Å². The molecule has 0 saturated carbocycles. The molecule has 0 bridgehead atoms. The van der Waals surface area contributed by atoms with Crippen LogP contribution < -0.4 is 4.90 Å². The van der Waals surface area contributed by atoms with E-state index < -0.39 is 6.10 Å². The molecule has 106 valence electrons. The fourth-order valence-electron chi connectivity index (χ4n) is 2.64. The van der Waals surface area contributed by atoms with Gasteiger partial charge in [-0.15, -0.1) is 11.3 Å². The summed E-state index contributed by atoms with van der Waals surface area (Å²) in [6.07, 6.45) is 1.46. The molecule has 1 aliphatic rings. The normalized spacial score (nSPS) is 25.4. The Morgan fingerprint density at radius 1 is 1.58 bits per heavy atom. The molecule has 1 aromatic rings. The quantitative estimate of drug-likeness (QED) is 0.683. The van der Waals surface area contributed by atoms with Crippen LogP contribution in [0.2, 0.25) is 0 Å². The molecule has 0 aliphatic carbocycles. The Kier molecular flexibility index (Phi) is 4.10. The van der Waals surface area contributed by atoms with E-state index >= 15 is 0 Å². The summed E-state index contributed by atoms with van der Waals surface area (Å²) in [5.41, 5.74) is 0.127. The van der Waals surface area contributed by atoms with E-state index in [1.165, 1.54) is 17.4 Å². The van der Waals surface area contributed by atoms with Crippen molar-refractivity contribution in [3.05, 3.63) is 21.1 Å². The summed E-state index contributed by atoms with van der Waals surface area (Å²) in [4.78, 5) is 13.6. The number of rotatable bonds is 3. The number of aliphatic hydroxyl groups excluding tert-OH is 1. The number of thiophene rings is 1. The molecule has 0 spiro atoms. The Bertz CT molecular complexity index is 472. The number of nitro groups is 1. The zero-order valence-corrected chi connectivity index (χ0v) is 12.3. The van der Waals surface area contributed by atoms with E-state index in [0.29, 0.717) is 21.8 Å². The summed E-state index contributed by atoms with van der Waals surface area (Å²) in [5.74, 6) is 0.668. The lowest BCUT2D eigenvalue weighted by atomic mass is 9.93. The molecule has 2 unspecified atom stereocenters. The monoisotopic (exact) mass is 284 g/mol. The van der Waals surface area contributed by atoms with Crippen LogP contribution in [0.5, 0.6) is 0 Å². The van der Waals surface area contributed by atoms with Crippen molar-refractivity contribution in [1.82, 2.24) is 0 Å². The van der Waals surface area contributed by atoms with Crippen LogP contribution in [0.3, 0.4) is 0 Å². The third-order valence-corrected chi connectivity index (χ3v) is 5.05. The summed E-state index contributed by atoms with van der Waals surface area (Å²) in [5, 5.41) is 21.5. The molecule has 6 heteroatoms. The van der Waals surface area contributed by atoms with Gasteiger partial charge in [-0.05, 0) is 32.6 Å². The Hall–Kier alpha value is -1.14. The average Bonchev–Trinajstić information content (AvgIpc) is 2.73. The van der Waals surface area contributed by atoms with Crippen molar-refractivity contribution in [2.24, 2.45) is 5.92 Å². The number of hydrogen-bond acceptors (Lipinski definition) is 5. The van der Waals surface area contributed by atoms with Crippen molar-refractivity contribution in [2.75, 3.05) is 11.4 Å². The lowest BCUT2D eigenvalue weighted by Crippen LogP contribution is -2.40. The fraction of sp³-hybridized carbons (Fsp3) is 0.692. The van der Waals surface area contributed by atoms with Gasteiger partial charge in [-0.25, -0.2) is 0 Å². The molecule has 1 N–H and O–H groups in total. The number of hydrogen-bond donors (Lipinski definition) is 1. The third-order valence-electron chi connectivity index (χ3n) is 3.72. The third kappa shape index (κ3) is 2.90. The molecule has 0 amide bonds. The van der Waals surface area contributed by atoms with Crippen LogP contribution in [-0.2, 0) is 0 Å². The van der Waals surface area contributed by atoms with Gasteiger partial charge in [-0.1, -0.05) is 6.92 Å². The predicted molar refractivity (Wildman–Crippen MR) is 76.8 cm³/mol. The van der Waals surface area contributed by atoms with E-state index in [9.17, 15) is 15.2 Å². The van der Waals surface area contributed by atoms with E-state index in [2.05, 4.69) is 18.7 Å². The average molecular weight is 284 g/mol. The Morgan fingerprint density at radius 2 is 2.26 bits per heavy atom. The Labute approximate surface area is 117 Å². The number of anilines is 1. The zero-order chi connectivity index (χ0) is 14.2. The first kappa shape index (κ1) is 14.3. The molecule has 0 aromatic carbocycles. The van der Waals surface area contributed by atoms with Gasteiger partial charge in [0.05, 0.1) is 11.0 Å². The smallest absolute Gasteiger partial charge is 0.304 e. The van der Waals surface area contributed by atoms with E-state index in [1.807, 2.05) is 0 Å². The van der Waals surface area contributed by atoms with Gasteiger partial charge in [0, 0.05) is 23.5 Å². The van der Waals surface area contributed by atoms with Gasteiger partial charge in [0.25, 0.3) is 0 Å². The first-order valence-electron chi connectivity index (χ1n) is 6.63. The van der Waals surface area contributed by atoms with Crippen molar-refractivity contribution in [1.29, 1.82) is 0 Å². The molecule has 19 heavy (non-hydrogen) atoms. The molecular formula is C13H20N2O3S. The molecule has 0 radical (unpaired) electrons. The second kappa shape index (κ2) is 5.46. The van der Waals surface area contributed by atoms with E-state index in [1.54, 1.807) is 6.92 Å². The second-order valence-corrected chi connectivity index (χ2v) is 6.51. The minimum atomic E-state index is -0.656. The summed E-state index contributed by atoms with van der Waals surface area (Å²) in [7, 11) is 0. The van der Waals surface area contributed by atoms with E-state index in [0.717, 1.165) is 19.4 Å². The molecule has 1 aliphatic heterocycles. The summed E-state index contributed by atoms with van der Waals surface area (Å²) in [6, 6.07) is 1.82. The van der Waals surface area contributed by atoms with Gasteiger partial charge in [-0.3, -0.25) is 10.1 Å². The summed E-state index contributed by atoms with van der Waals surface area (Å²) in [6.45, 7) is 6.82. The fourth-order valence-corrected chi connectivity index (χ4v) is 3.83. The van der Waals surface area contributed by atoms with Crippen LogP contribution in [0.25, 0.3) is 0 Å². The van der Waals surface area contributed by atoms with Crippen LogP contribution >= 0.6 is 11.3 Å². The van der Waals surface area contributed by atoms with Crippen molar-refractivity contribution in [3.8, 4) is 0 Å². The van der Waals surface area contributed by atoms with E-state index in [4.69, 9.17) is 0 Å². The topological polar surface area (TPSA) is 66.6 Å². The molecule has 2 rings (SSSR count). The molecule has 1 saturated heterocycles. The Morgan fingerprint density at radius 3 is 2.79 bits per heavy atom. The van der Waals surface area contributed by atoms with Crippen molar-refractivity contribution in [3.63, 3.8) is 0 Å². The zero-order valence-electron chi connectivity index (χ0n) is 11.5. The summed E-state index contributed by atoms with van der Waals surface area (Å²) >= 11 is 1.34. The summed E-state index contributed by atoms with van der Waals surface area (Å²) < 4.78 is 0. The number of nitrogens with zero attached hydrogens (tertiary/aromatic N) is 2. The maximum Gasteiger partial charge on any atom is 0.304 e. The maximum atomic E-state index is 11.2. The predicted octanol–water partition coefficient (Wildman–Crippen LogP) is 3.33. The van der Waals surface area contributed by atoms with Crippen molar-refractivity contribution >= 4 is 22.0 Å². The highest BCUT2D eigenvalue weighted by Gasteiger charge is 2.31. The van der Waals surface area contributed by atoms with Gasteiger partial charge in [0.2, 0.25) is 0 Å². The van der Waals surface area contributed by atoms with Gasteiger partial charge < -0.3 is 10.0 Å². The van der Waals surface area contributed by atoms with Crippen LogP contribution in [0.4, 0.5) is 10.7 Å². The lowest BCUT2D eigenvalue weighted by molar-refractivity contribution is -0.383. The lowest BCUT2D eigenvalue weighted by Gasteiger charge is -2.36. The number of piperidine rings is 1. The first-order chi connectivity index (χ1) is 8.90. The second-order valence-electron chi connectivity index (χ2n) is 5.44. The molecule has 5 nitrogen and oxygen atoms in total. The van der Waals surface area contributed by atoms with Gasteiger partial charge >= 0.3 is 5.69 Å². The number of aliphatic hydroxyl groups is 1. The minimum Gasteiger partial charge on any atom is -0.388 e.